The number of benzene rings is 1. The molecule has 0 bridgehead atoms. The summed E-state index contributed by atoms with van der Waals surface area (Å²) in [6.07, 6.45) is 3.51. The molecule has 0 radical (unpaired) electrons. The van der Waals surface area contributed by atoms with Gasteiger partial charge in [0, 0.05) is 30.1 Å². The molecule has 0 amide bonds. The van der Waals surface area contributed by atoms with Crippen LogP contribution in [0.3, 0.4) is 0 Å². The standard InChI is InChI=1S/C16H16N2O/c1-18(2)11-16(12-19)15-8-14(9-17-10-15)13-6-4-3-5-7-13/h3-10H,11H2,1-2H3. The molecule has 0 saturated carbocycles. The van der Waals surface area contributed by atoms with Crippen molar-refractivity contribution in [1.82, 2.24) is 9.88 Å². The number of pyridine rings is 1. The van der Waals surface area contributed by atoms with Gasteiger partial charge in [0.25, 0.3) is 0 Å². The Bertz CT molecular complexity index is 599. The second-order valence-electron chi connectivity index (χ2n) is 4.65. The van der Waals surface area contributed by atoms with Gasteiger partial charge in [-0.1, -0.05) is 30.3 Å². The van der Waals surface area contributed by atoms with Gasteiger partial charge in [-0.25, -0.2) is 4.79 Å². The second kappa shape index (κ2) is 6.10. The van der Waals surface area contributed by atoms with Crippen molar-refractivity contribution in [3.8, 4) is 11.1 Å². The van der Waals surface area contributed by atoms with Crippen molar-refractivity contribution in [3.63, 3.8) is 0 Å². The lowest BCUT2D eigenvalue weighted by Gasteiger charge is -2.11. The lowest BCUT2D eigenvalue weighted by atomic mass is 10.0. The molecule has 2 aromatic rings. The van der Waals surface area contributed by atoms with E-state index in [4.69, 9.17) is 0 Å². The quantitative estimate of drug-likeness (QED) is 0.784. The van der Waals surface area contributed by atoms with Crippen LogP contribution in [0.4, 0.5) is 0 Å². The Labute approximate surface area is 113 Å². The third-order valence-electron chi connectivity index (χ3n) is 2.79. The van der Waals surface area contributed by atoms with Crippen molar-refractivity contribution in [1.29, 1.82) is 0 Å². The monoisotopic (exact) mass is 252 g/mol. The molecular formula is C16H16N2O. The summed E-state index contributed by atoms with van der Waals surface area (Å²) < 4.78 is 0. The van der Waals surface area contributed by atoms with Gasteiger partial charge in [0.15, 0.2) is 0 Å². The summed E-state index contributed by atoms with van der Waals surface area (Å²) in [6, 6.07) is 12.0. The number of hydrogen-bond donors (Lipinski definition) is 0. The first-order valence-electron chi connectivity index (χ1n) is 6.10. The fraction of sp³-hybridized carbons (Fsp3) is 0.188. The first kappa shape index (κ1) is 13.2. The molecule has 96 valence electrons. The number of aromatic nitrogens is 1. The van der Waals surface area contributed by atoms with Crippen LogP contribution in [0.15, 0.2) is 48.8 Å². The summed E-state index contributed by atoms with van der Waals surface area (Å²) in [5, 5.41) is 0. The number of rotatable bonds is 4. The summed E-state index contributed by atoms with van der Waals surface area (Å²) in [6.45, 7) is 0.559. The van der Waals surface area contributed by atoms with Gasteiger partial charge in [0.2, 0.25) is 0 Å². The van der Waals surface area contributed by atoms with Gasteiger partial charge < -0.3 is 4.90 Å². The maximum Gasteiger partial charge on any atom is 0.129 e. The van der Waals surface area contributed by atoms with Gasteiger partial charge in [-0.05, 0) is 25.7 Å². The predicted octanol–water partition coefficient (Wildman–Crippen LogP) is 2.53. The highest BCUT2D eigenvalue weighted by Crippen LogP contribution is 2.21. The van der Waals surface area contributed by atoms with E-state index in [1.54, 1.807) is 12.4 Å². The van der Waals surface area contributed by atoms with E-state index >= 15 is 0 Å². The predicted molar refractivity (Wildman–Crippen MR) is 77.3 cm³/mol. The summed E-state index contributed by atoms with van der Waals surface area (Å²) in [7, 11) is 3.84. The van der Waals surface area contributed by atoms with Crippen LogP contribution in [-0.2, 0) is 4.79 Å². The van der Waals surface area contributed by atoms with E-state index in [0.717, 1.165) is 16.7 Å². The summed E-state index contributed by atoms with van der Waals surface area (Å²) >= 11 is 0. The van der Waals surface area contributed by atoms with Crippen LogP contribution in [0, 0.1) is 0 Å². The fourth-order valence-electron chi connectivity index (χ4n) is 1.89. The molecule has 3 heteroatoms. The Balaban J connectivity index is 2.37. The molecule has 0 aliphatic heterocycles. The zero-order valence-corrected chi connectivity index (χ0v) is 11.1. The molecule has 0 saturated heterocycles. The van der Waals surface area contributed by atoms with Crippen molar-refractivity contribution in [2.45, 2.75) is 0 Å². The van der Waals surface area contributed by atoms with Crippen molar-refractivity contribution < 1.29 is 4.79 Å². The normalized spacial score (nSPS) is 10.3. The average molecular weight is 252 g/mol. The molecule has 19 heavy (non-hydrogen) atoms. The van der Waals surface area contributed by atoms with Crippen molar-refractivity contribution >= 4 is 11.5 Å². The van der Waals surface area contributed by atoms with Gasteiger partial charge in [-0.3, -0.25) is 4.98 Å². The van der Waals surface area contributed by atoms with E-state index in [-0.39, 0.29) is 0 Å². The number of carbonyl (C=O) groups excluding carboxylic acids is 1. The van der Waals surface area contributed by atoms with Gasteiger partial charge in [0.05, 0.1) is 5.57 Å². The Kier molecular flexibility index (Phi) is 4.24. The van der Waals surface area contributed by atoms with E-state index in [0.29, 0.717) is 12.1 Å². The maximum absolute atomic E-state index is 11.1. The van der Waals surface area contributed by atoms with Crippen LogP contribution in [-0.4, -0.2) is 36.5 Å². The van der Waals surface area contributed by atoms with Crippen molar-refractivity contribution in [2.24, 2.45) is 0 Å². The van der Waals surface area contributed by atoms with Gasteiger partial charge in [-0.2, -0.15) is 0 Å². The third kappa shape index (κ3) is 3.38. The molecule has 1 aromatic carbocycles. The topological polar surface area (TPSA) is 33.2 Å². The second-order valence-corrected chi connectivity index (χ2v) is 4.65. The Morgan fingerprint density at radius 1 is 1.16 bits per heavy atom. The molecule has 3 nitrogen and oxygen atoms in total. The Hall–Kier alpha value is -2.22. The van der Waals surface area contributed by atoms with E-state index in [1.807, 2.05) is 61.3 Å². The highest BCUT2D eigenvalue weighted by Gasteiger charge is 2.07. The van der Waals surface area contributed by atoms with E-state index < -0.39 is 0 Å². The van der Waals surface area contributed by atoms with Crippen LogP contribution in [0.2, 0.25) is 0 Å². The molecule has 0 unspecified atom stereocenters. The summed E-state index contributed by atoms with van der Waals surface area (Å²) in [5.74, 6) is 2.01. The average Bonchev–Trinajstić information content (AvgIpc) is 2.45. The molecular weight excluding hydrogens is 236 g/mol. The first-order valence-corrected chi connectivity index (χ1v) is 6.10. The van der Waals surface area contributed by atoms with Crippen LogP contribution in [0.5, 0.6) is 0 Å². The van der Waals surface area contributed by atoms with E-state index in [1.165, 1.54) is 0 Å². The maximum atomic E-state index is 11.1. The smallest absolute Gasteiger partial charge is 0.129 e. The minimum Gasteiger partial charge on any atom is -0.304 e. The molecule has 0 aliphatic rings. The van der Waals surface area contributed by atoms with Crippen LogP contribution >= 0.6 is 0 Å². The summed E-state index contributed by atoms with van der Waals surface area (Å²) in [4.78, 5) is 17.2. The van der Waals surface area contributed by atoms with E-state index in [2.05, 4.69) is 4.98 Å². The zero-order valence-electron chi connectivity index (χ0n) is 11.1. The molecule has 1 aromatic heterocycles. The molecule has 1 heterocycles. The zero-order chi connectivity index (χ0) is 13.7. The van der Waals surface area contributed by atoms with Gasteiger partial charge in [0.1, 0.15) is 5.94 Å². The molecule has 0 atom stereocenters. The van der Waals surface area contributed by atoms with Crippen molar-refractivity contribution in [3.05, 3.63) is 54.4 Å². The Morgan fingerprint density at radius 2 is 1.89 bits per heavy atom. The summed E-state index contributed by atoms with van der Waals surface area (Å²) in [5.41, 5.74) is 3.54. The van der Waals surface area contributed by atoms with Crippen LogP contribution in [0.25, 0.3) is 16.7 Å². The minimum atomic E-state index is 0.559. The molecule has 2 rings (SSSR count). The highest BCUT2D eigenvalue weighted by atomic mass is 16.1. The minimum absolute atomic E-state index is 0.559. The van der Waals surface area contributed by atoms with Crippen LogP contribution < -0.4 is 0 Å². The van der Waals surface area contributed by atoms with Crippen LogP contribution in [0.1, 0.15) is 5.56 Å². The van der Waals surface area contributed by atoms with Gasteiger partial charge >= 0.3 is 0 Å². The molecule has 0 N–H and O–H groups in total. The first-order chi connectivity index (χ1) is 9.20. The Morgan fingerprint density at radius 3 is 2.53 bits per heavy atom. The molecule has 0 spiro atoms. The molecule has 0 aliphatic carbocycles. The fourth-order valence-corrected chi connectivity index (χ4v) is 1.89. The lowest BCUT2D eigenvalue weighted by molar-refractivity contribution is 0.462. The van der Waals surface area contributed by atoms with E-state index in [9.17, 15) is 4.79 Å². The van der Waals surface area contributed by atoms with Gasteiger partial charge in [-0.15, -0.1) is 0 Å². The number of hydrogen-bond acceptors (Lipinski definition) is 3. The largest absolute Gasteiger partial charge is 0.304 e. The lowest BCUT2D eigenvalue weighted by Crippen LogP contribution is -2.15. The molecule has 0 fully saturated rings. The van der Waals surface area contributed by atoms with Crippen molar-refractivity contribution in [2.75, 3.05) is 20.6 Å². The third-order valence-corrected chi connectivity index (χ3v) is 2.79. The number of nitrogens with zero attached hydrogens (tertiary/aromatic N) is 2. The highest BCUT2D eigenvalue weighted by molar-refractivity contribution is 5.89. The number of likely N-dealkylation sites (N-methyl/N-ethyl adjacent to an activating group) is 1. The SMILES string of the molecule is CN(C)CC(=C=O)c1cncc(-c2ccccc2)c1.